The molecule has 0 aromatic heterocycles. The first-order chi connectivity index (χ1) is 13.9. The molecule has 6 nitrogen and oxygen atoms in total. The summed E-state index contributed by atoms with van der Waals surface area (Å²) in [6.45, 7) is 4.17. The van der Waals surface area contributed by atoms with Gasteiger partial charge >= 0.3 is 0 Å². The summed E-state index contributed by atoms with van der Waals surface area (Å²) in [5.41, 5.74) is 1.64. The van der Waals surface area contributed by atoms with Crippen LogP contribution in [0.1, 0.15) is 41.3 Å². The number of carbonyl (C=O) groups is 1. The Hall–Kier alpha value is -3.15. The molecule has 2 aromatic rings. The molecule has 2 aliphatic heterocycles. The fourth-order valence-corrected chi connectivity index (χ4v) is 3.77. The van der Waals surface area contributed by atoms with Crippen LogP contribution in [0.2, 0.25) is 0 Å². The number of ether oxygens (including phenoxy) is 5. The van der Waals surface area contributed by atoms with E-state index in [1.54, 1.807) is 39.5 Å². The molecular weight excluding hydrogens is 372 g/mol. The number of ketones is 1. The van der Waals surface area contributed by atoms with Crippen molar-refractivity contribution in [1.29, 1.82) is 0 Å². The van der Waals surface area contributed by atoms with E-state index in [1.165, 1.54) is 0 Å². The third-order valence-electron chi connectivity index (χ3n) is 5.27. The summed E-state index contributed by atoms with van der Waals surface area (Å²) in [7, 11) is 4.68. The highest BCUT2D eigenvalue weighted by molar-refractivity contribution is 6.06. The van der Waals surface area contributed by atoms with E-state index in [9.17, 15) is 4.79 Å². The van der Waals surface area contributed by atoms with Gasteiger partial charge in [0, 0.05) is 11.6 Å². The van der Waals surface area contributed by atoms with Crippen LogP contribution in [0, 0.1) is 0 Å². The molecule has 0 N–H and O–H groups in total. The first kappa shape index (κ1) is 19.2. The normalized spacial score (nSPS) is 18.8. The summed E-state index contributed by atoms with van der Waals surface area (Å²) in [5, 5.41) is 0. The maximum absolute atomic E-state index is 13.4. The zero-order valence-electron chi connectivity index (χ0n) is 17.2. The van der Waals surface area contributed by atoms with E-state index in [4.69, 9.17) is 23.7 Å². The van der Waals surface area contributed by atoms with Crippen LogP contribution >= 0.6 is 0 Å². The molecule has 0 saturated heterocycles. The first-order valence-corrected chi connectivity index (χ1v) is 9.40. The van der Waals surface area contributed by atoms with Crippen LogP contribution in [0.3, 0.4) is 0 Å². The van der Waals surface area contributed by atoms with Crippen molar-refractivity contribution in [2.75, 3.05) is 27.9 Å². The Morgan fingerprint density at radius 3 is 2.38 bits per heavy atom. The topological polar surface area (TPSA) is 63.2 Å². The van der Waals surface area contributed by atoms with E-state index in [0.717, 1.165) is 5.56 Å². The SMILES string of the molecule is COc1cc(OC)c([C@H]2COc3c(ccc4c3C=CC(C)(C)O4)C2=O)cc1OC. The number of benzene rings is 2. The van der Waals surface area contributed by atoms with E-state index in [0.29, 0.717) is 39.9 Å². The summed E-state index contributed by atoms with van der Waals surface area (Å²) < 4.78 is 28.3. The fraction of sp³-hybridized carbons (Fsp3) is 0.348. The molecule has 29 heavy (non-hydrogen) atoms. The van der Waals surface area contributed by atoms with E-state index in [1.807, 2.05) is 32.1 Å². The molecule has 152 valence electrons. The number of carbonyl (C=O) groups excluding carboxylic acids is 1. The van der Waals surface area contributed by atoms with Crippen molar-refractivity contribution in [2.45, 2.75) is 25.4 Å². The van der Waals surface area contributed by atoms with Gasteiger partial charge in [-0.25, -0.2) is 0 Å². The van der Waals surface area contributed by atoms with E-state index in [-0.39, 0.29) is 12.4 Å². The summed E-state index contributed by atoms with van der Waals surface area (Å²) in [4.78, 5) is 13.4. The molecular formula is C23H24O6. The highest BCUT2D eigenvalue weighted by Gasteiger charge is 2.36. The van der Waals surface area contributed by atoms with Crippen molar-refractivity contribution in [3.05, 3.63) is 47.0 Å². The number of methoxy groups -OCH3 is 3. The van der Waals surface area contributed by atoms with E-state index >= 15 is 0 Å². The van der Waals surface area contributed by atoms with Gasteiger partial charge in [0.15, 0.2) is 17.3 Å². The lowest BCUT2D eigenvalue weighted by Crippen LogP contribution is -2.30. The molecule has 2 aliphatic rings. The third kappa shape index (κ3) is 3.18. The van der Waals surface area contributed by atoms with Gasteiger partial charge in [-0.1, -0.05) is 0 Å². The van der Waals surface area contributed by atoms with Gasteiger partial charge in [-0.05, 0) is 44.2 Å². The van der Waals surface area contributed by atoms with E-state index < -0.39 is 11.5 Å². The Morgan fingerprint density at radius 1 is 1.00 bits per heavy atom. The van der Waals surface area contributed by atoms with Crippen molar-refractivity contribution in [3.8, 4) is 28.7 Å². The smallest absolute Gasteiger partial charge is 0.177 e. The summed E-state index contributed by atoms with van der Waals surface area (Å²) in [6.07, 6.45) is 3.93. The van der Waals surface area contributed by atoms with Gasteiger partial charge in [0.25, 0.3) is 0 Å². The molecule has 0 unspecified atom stereocenters. The Kier molecular flexibility index (Phi) is 4.65. The lowest BCUT2D eigenvalue weighted by atomic mass is 9.86. The van der Waals surface area contributed by atoms with Crippen LogP contribution in [0.5, 0.6) is 28.7 Å². The second-order valence-electron chi connectivity index (χ2n) is 7.57. The monoisotopic (exact) mass is 396 g/mol. The number of Topliss-reactive ketones (excluding diaryl/α,β-unsaturated/α-hetero) is 1. The molecule has 6 heteroatoms. The van der Waals surface area contributed by atoms with Gasteiger partial charge < -0.3 is 23.7 Å². The second-order valence-corrected chi connectivity index (χ2v) is 7.57. The van der Waals surface area contributed by atoms with Gasteiger partial charge in [0.1, 0.15) is 29.5 Å². The maximum Gasteiger partial charge on any atom is 0.177 e. The molecule has 0 aliphatic carbocycles. The quantitative estimate of drug-likeness (QED) is 0.770. The van der Waals surface area contributed by atoms with Gasteiger partial charge in [-0.2, -0.15) is 0 Å². The molecule has 2 heterocycles. The van der Waals surface area contributed by atoms with Crippen LogP contribution in [-0.4, -0.2) is 39.3 Å². The van der Waals surface area contributed by atoms with Crippen molar-refractivity contribution >= 4 is 11.9 Å². The van der Waals surface area contributed by atoms with Crippen LogP contribution < -0.4 is 23.7 Å². The zero-order chi connectivity index (χ0) is 20.8. The average molecular weight is 396 g/mol. The Labute approximate surface area is 170 Å². The average Bonchev–Trinajstić information content (AvgIpc) is 2.72. The standard InChI is InChI=1S/C23H24O6/c1-23(2)9-8-13-17(29-23)7-6-14-21(24)16(12-28-22(13)14)15-10-19(26-4)20(27-5)11-18(15)25-3/h6-11,16H,12H2,1-5H3/t16-/m1/s1. The number of fused-ring (bicyclic) bond motifs is 3. The van der Waals surface area contributed by atoms with Crippen LogP contribution in [0.25, 0.3) is 6.08 Å². The minimum atomic E-state index is -0.514. The minimum Gasteiger partial charge on any atom is -0.496 e. The van der Waals surface area contributed by atoms with E-state index in [2.05, 4.69) is 0 Å². The first-order valence-electron chi connectivity index (χ1n) is 9.40. The fourth-order valence-electron chi connectivity index (χ4n) is 3.77. The van der Waals surface area contributed by atoms with Crippen LogP contribution in [-0.2, 0) is 0 Å². The maximum atomic E-state index is 13.4. The number of rotatable bonds is 4. The molecule has 1 atom stereocenters. The highest BCUT2D eigenvalue weighted by atomic mass is 16.5. The highest BCUT2D eigenvalue weighted by Crippen LogP contribution is 2.45. The summed E-state index contributed by atoms with van der Waals surface area (Å²) in [6, 6.07) is 7.10. The van der Waals surface area contributed by atoms with Gasteiger partial charge in [-0.3, -0.25) is 4.79 Å². The second kappa shape index (κ2) is 7.03. The third-order valence-corrected chi connectivity index (χ3v) is 5.27. The van der Waals surface area contributed by atoms with Gasteiger partial charge in [-0.15, -0.1) is 0 Å². The molecule has 0 bridgehead atoms. The zero-order valence-corrected chi connectivity index (χ0v) is 17.2. The van der Waals surface area contributed by atoms with Gasteiger partial charge in [0.05, 0.1) is 38.4 Å². The van der Waals surface area contributed by atoms with Crippen molar-refractivity contribution in [2.24, 2.45) is 0 Å². The molecule has 0 saturated carbocycles. The molecule has 0 spiro atoms. The molecule has 0 fully saturated rings. The summed E-state index contributed by atoms with van der Waals surface area (Å²) in [5.74, 6) is 2.36. The Bertz CT molecular complexity index is 1000. The lowest BCUT2D eigenvalue weighted by Gasteiger charge is -2.32. The molecule has 0 radical (unpaired) electrons. The molecule has 4 rings (SSSR count). The Morgan fingerprint density at radius 2 is 1.69 bits per heavy atom. The predicted octanol–water partition coefficient (Wildman–Crippen LogP) is 4.26. The van der Waals surface area contributed by atoms with Crippen LogP contribution in [0.4, 0.5) is 0 Å². The number of hydrogen-bond acceptors (Lipinski definition) is 6. The molecule has 2 aromatic carbocycles. The Balaban J connectivity index is 1.76. The van der Waals surface area contributed by atoms with Crippen molar-refractivity contribution in [3.63, 3.8) is 0 Å². The predicted molar refractivity (Wildman–Crippen MR) is 109 cm³/mol. The largest absolute Gasteiger partial charge is 0.496 e. The summed E-state index contributed by atoms with van der Waals surface area (Å²) >= 11 is 0. The van der Waals surface area contributed by atoms with Gasteiger partial charge in [0.2, 0.25) is 0 Å². The minimum absolute atomic E-state index is 0.0298. The number of hydrogen-bond donors (Lipinski definition) is 0. The van der Waals surface area contributed by atoms with Crippen molar-refractivity contribution < 1.29 is 28.5 Å². The van der Waals surface area contributed by atoms with Crippen molar-refractivity contribution in [1.82, 2.24) is 0 Å². The lowest BCUT2D eigenvalue weighted by molar-refractivity contribution is 0.0892. The van der Waals surface area contributed by atoms with Crippen LogP contribution in [0.15, 0.2) is 30.3 Å². The molecule has 0 amide bonds.